The Morgan fingerprint density at radius 2 is 1.00 bits per heavy atom. The van der Waals surface area contributed by atoms with Crippen molar-refractivity contribution in [3.8, 4) is 39.8 Å². The van der Waals surface area contributed by atoms with E-state index in [4.69, 9.17) is 4.74 Å². The Morgan fingerprint density at radius 1 is 0.450 bits per heavy atom. The van der Waals surface area contributed by atoms with Gasteiger partial charge in [-0.15, -0.1) is 0 Å². The molecule has 0 N–H and O–H groups in total. The van der Waals surface area contributed by atoms with Crippen LogP contribution in [0.25, 0.3) is 54.6 Å². The Kier molecular flexibility index (Phi) is 5.16. The zero-order valence-electron chi connectivity index (χ0n) is 21.4. The number of hydrogen-bond donors (Lipinski definition) is 0. The molecule has 186 valence electrons. The first-order valence-corrected chi connectivity index (χ1v) is 14.0. The monoisotopic (exact) mass is 527 g/mol. The molecule has 2 nitrogen and oxygen atoms in total. The van der Waals surface area contributed by atoms with Gasteiger partial charge in [0.2, 0.25) is 0 Å². The van der Waals surface area contributed by atoms with Gasteiger partial charge in [0.1, 0.15) is 11.5 Å². The molecule has 7 aromatic carbocycles. The van der Waals surface area contributed by atoms with E-state index in [0.717, 1.165) is 43.5 Å². The predicted octanol–water partition coefficient (Wildman–Crippen LogP) is 10.6. The van der Waals surface area contributed by atoms with E-state index in [-0.39, 0.29) is 0 Å². The van der Waals surface area contributed by atoms with Crippen LogP contribution in [0.1, 0.15) is 5.56 Å². The molecule has 7 aromatic rings. The second-order valence-corrected chi connectivity index (χ2v) is 11.2. The van der Waals surface area contributed by atoms with Crippen LogP contribution in [0, 0.1) is 11.3 Å². The van der Waals surface area contributed by atoms with Crippen LogP contribution in [0.4, 0.5) is 0 Å². The number of rotatable bonds is 2. The maximum Gasteiger partial charge on any atom is 0.141 e. The average Bonchev–Trinajstić information content (AvgIpc) is 3.03. The minimum absolute atomic E-state index is 0.642. The van der Waals surface area contributed by atoms with Crippen molar-refractivity contribution in [2.45, 2.75) is 9.79 Å². The molecule has 0 fully saturated rings. The lowest BCUT2D eigenvalue weighted by Gasteiger charge is -2.20. The van der Waals surface area contributed by atoms with Crippen LogP contribution in [-0.4, -0.2) is 0 Å². The summed E-state index contributed by atoms with van der Waals surface area (Å²) in [6.07, 6.45) is 0. The Bertz CT molecular complexity index is 2160. The number of nitrogens with zero attached hydrogens (tertiary/aromatic N) is 1. The second kappa shape index (κ2) is 9.02. The van der Waals surface area contributed by atoms with E-state index in [0.29, 0.717) is 5.56 Å². The minimum Gasteiger partial charge on any atom is -0.455 e. The van der Waals surface area contributed by atoms with Crippen LogP contribution < -0.4 is 4.74 Å². The van der Waals surface area contributed by atoms with Crippen LogP contribution in [0.5, 0.6) is 11.5 Å². The summed E-state index contributed by atoms with van der Waals surface area (Å²) in [6.45, 7) is 0. The number of benzene rings is 7. The summed E-state index contributed by atoms with van der Waals surface area (Å²) in [5.41, 5.74) is 4.84. The largest absolute Gasteiger partial charge is 0.455 e. The van der Waals surface area contributed by atoms with Gasteiger partial charge in [0.05, 0.1) is 21.4 Å². The summed E-state index contributed by atoms with van der Waals surface area (Å²) in [7, 11) is 0. The van der Waals surface area contributed by atoms with Gasteiger partial charge in [-0.1, -0.05) is 90.6 Å². The predicted molar refractivity (Wildman–Crippen MR) is 165 cm³/mol. The molecule has 0 aliphatic carbocycles. The summed E-state index contributed by atoms with van der Waals surface area (Å²) in [5.74, 6) is 1.75. The van der Waals surface area contributed by atoms with Gasteiger partial charge >= 0.3 is 0 Å². The van der Waals surface area contributed by atoms with E-state index in [1.54, 1.807) is 11.8 Å². The molecule has 3 heteroatoms. The van der Waals surface area contributed by atoms with Crippen molar-refractivity contribution in [1.29, 1.82) is 5.26 Å². The Hall–Kier alpha value is -5.04. The van der Waals surface area contributed by atoms with Gasteiger partial charge in [0, 0.05) is 0 Å². The number of ether oxygens (including phenoxy) is 1. The molecule has 1 aliphatic rings. The Morgan fingerprint density at radius 3 is 1.70 bits per heavy atom. The molecular weight excluding hydrogens is 506 g/mol. The summed E-state index contributed by atoms with van der Waals surface area (Å²) in [4.78, 5) is 2.18. The van der Waals surface area contributed by atoms with Crippen LogP contribution in [0.15, 0.2) is 137 Å². The van der Waals surface area contributed by atoms with Crippen molar-refractivity contribution in [1.82, 2.24) is 0 Å². The third kappa shape index (κ3) is 3.66. The highest BCUT2D eigenvalue weighted by molar-refractivity contribution is 7.99. The lowest BCUT2D eigenvalue weighted by molar-refractivity contribution is 0.454. The van der Waals surface area contributed by atoms with Gasteiger partial charge in [-0.3, -0.25) is 0 Å². The van der Waals surface area contributed by atoms with E-state index in [2.05, 4.69) is 97.1 Å². The highest BCUT2D eigenvalue weighted by Crippen LogP contribution is 2.48. The molecule has 0 radical (unpaired) electrons. The molecule has 0 saturated carbocycles. The second-order valence-electron chi connectivity index (χ2n) is 10.1. The van der Waals surface area contributed by atoms with Crippen molar-refractivity contribution >= 4 is 44.1 Å². The fourth-order valence-electron chi connectivity index (χ4n) is 5.82. The first kappa shape index (κ1) is 22.9. The summed E-state index contributed by atoms with van der Waals surface area (Å²) in [5, 5.41) is 17.4. The lowest BCUT2D eigenvalue weighted by Crippen LogP contribution is -1.95. The van der Waals surface area contributed by atoms with Crippen molar-refractivity contribution in [3.05, 3.63) is 133 Å². The first-order chi connectivity index (χ1) is 19.7. The highest BCUT2D eigenvalue weighted by Gasteiger charge is 2.18. The quantitative estimate of drug-likeness (QED) is 0.210. The minimum atomic E-state index is 0.642. The molecule has 0 atom stereocenters. The van der Waals surface area contributed by atoms with Crippen molar-refractivity contribution in [2.24, 2.45) is 0 Å². The zero-order valence-corrected chi connectivity index (χ0v) is 22.2. The molecule has 40 heavy (non-hydrogen) atoms. The molecule has 1 aliphatic heterocycles. The van der Waals surface area contributed by atoms with Crippen LogP contribution in [0.3, 0.4) is 0 Å². The van der Waals surface area contributed by atoms with Gasteiger partial charge in [-0.2, -0.15) is 5.26 Å². The van der Waals surface area contributed by atoms with Gasteiger partial charge in [-0.05, 0) is 103 Å². The topological polar surface area (TPSA) is 33.0 Å². The highest BCUT2D eigenvalue weighted by atomic mass is 32.2. The Balaban J connectivity index is 1.28. The van der Waals surface area contributed by atoms with Crippen molar-refractivity contribution in [3.63, 3.8) is 0 Å². The van der Waals surface area contributed by atoms with Crippen molar-refractivity contribution in [2.75, 3.05) is 0 Å². The van der Waals surface area contributed by atoms with Gasteiger partial charge in [0.25, 0.3) is 0 Å². The van der Waals surface area contributed by atoms with E-state index >= 15 is 0 Å². The molecule has 1 heterocycles. The SMILES string of the molecule is N#Cc1cc(-c2ccc3c(c2)Sc2ccccc2O3)cc(-c2ccc3c4ccccc4c4ccccc4c3c2)c1. The molecule has 8 rings (SSSR count). The van der Waals surface area contributed by atoms with Crippen LogP contribution >= 0.6 is 11.8 Å². The van der Waals surface area contributed by atoms with E-state index in [1.807, 2.05) is 36.4 Å². The standard InChI is InChI=1S/C37H21NOS/c38-22-23-17-26(19-27(18-23)25-14-16-35-37(21-25)40-36-12-6-5-11-34(36)39-35)24-13-15-32-30-9-2-1-7-28(30)29-8-3-4-10-31(29)33(32)20-24/h1-21H. The Labute approximate surface area is 236 Å². The third-order valence-corrected chi connectivity index (χ3v) is 8.80. The summed E-state index contributed by atoms with van der Waals surface area (Å²) in [6, 6.07) is 46.8. The average molecular weight is 528 g/mol. The third-order valence-electron chi connectivity index (χ3n) is 7.71. The maximum absolute atomic E-state index is 9.94. The molecule has 0 bridgehead atoms. The zero-order chi connectivity index (χ0) is 26.6. The van der Waals surface area contributed by atoms with Gasteiger partial charge in [-0.25, -0.2) is 0 Å². The summed E-state index contributed by atoms with van der Waals surface area (Å²) < 4.78 is 6.14. The smallest absolute Gasteiger partial charge is 0.141 e. The number of hydrogen-bond acceptors (Lipinski definition) is 3. The van der Waals surface area contributed by atoms with Gasteiger partial charge < -0.3 is 4.74 Å². The normalized spacial score (nSPS) is 12.1. The van der Waals surface area contributed by atoms with Crippen LogP contribution in [-0.2, 0) is 0 Å². The lowest BCUT2D eigenvalue weighted by atomic mass is 9.91. The van der Waals surface area contributed by atoms with Crippen LogP contribution in [0.2, 0.25) is 0 Å². The maximum atomic E-state index is 9.94. The van der Waals surface area contributed by atoms with Gasteiger partial charge in [0.15, 0.2) is 0 Å². The van der Waals surface area contributed by atoms with E-state index < -0.39 is 0 Å². The first-order valence-electron chi connectivity index (χ1n) is 13.2. The molecule has 0 unspecified atom stereocenters. The van der Waals surface area contributed by atoms with E-state index in [1.165, 1.54) is 32.3 Å². The summed E-state index contributed by atoms with van der Waals surface area (Å²) >= 11 is 1.72. The number of fused-ring (bicyclic) bond motifs is 8. The molecule has 0 spiro atoms. The number of para-hydroxylation sites is 1. The fourth-order valence-corrected chi connectivity index (χ4v) is 6.81. The molecule has 0 aromatic heterocycles. The molecule has 0 amide bonds. The molecule has 0 saturated heterocycles. The fraction of sp³-hybridized carbons (Fsp3) is 0. The van der Waals surface area contributed by atoms with E-state index in [9.17, 15) is 5.26 Å². The van der Waals surface area contributed by atoms with Crippen molar-refractivity contribution < 1.29 is 4.74 Å². The number of nitriles is 1. The molecular formula is C37H21NOS.